The zero-order chi connectivity index (χ0) is 24.0. The number of amides is 1. The molecule has 10 nitrogen and oxygen atoms in total. The Morgan fingerprint density at radius 1 is 1.03 bits per heavy atom. The number of hydrogen-bond donors (Lipinski definition) is 1. The lowest BCUT2D eigenvalue weighted by molar-refractivity contribution is -0.117. The van der Waals surface area contributed by atoms with Crippen LogP contribution in [0.15, 0.2) is 41.6 Å². The molecule has 34 heavy (non-hydrogen) atoms. The van der Waals surface area contributed by atoms with Gasteiger partial charge in [0.25, 0.3) is 0 Å². The first-order valence-corrected chi connectivity index (χ1v) is 13.2. The van der Waals surface area contributed by atoms with E-state index in [0.717, 1.165) is 32.4 Å². The zero-order valence-electron chi connectivity index (χ0n) is 19.5. The van der Waals surface area contributed by atoms with Crippen LogP contribution in [-0.2, 0) is 14.8 Å². The lowest BCUT2D eigenvalue weighted by Gasteiger charge is -2.34. The molecule has 184 valence electrons. The van der Waals surface area contributed by atoms with Crippen LogP contribution < -0.4 is 15.0 Å². The fourth-order valence-corrected chi connectivity index (χ4v) is 5.80. The molecular weight excluding hydrogens is 456 g/mol. The van der Waals surface area contributed by atoms with E-state index in [1.165, 1.54) is 10.4 Å². The molecule has 0 saturated carbocycles. The number of piperidine rings is 1. The largest absolute Gasteiger partial charge is 0.492 e. The second kappa shape index (κ2) is 11.1. The van der Waals surface area contributed by atoms with Crippen molar-refractivity contribution in [3.63, 3.8) is 0 Å². The van der Waals surface area contributed by atoms with Crippen LogP contribution in [0.25, 0.3) is 0 Å². The van der Waals surface area contributed by atoms with Gasteiger partial charge >= 0.3 is 0 Å². The van der Waals surface area contributed by atoms with Gasteiger partial charge in [0, 0.05) is 51.7 Å². The minimum Gasteiger partial charge on any atom is -0.492 e. The van der Waals surface area contributed by atoms with Crippen molar-refractivity contribution in [2.24, 2.45) is 0 Å². The van der Waals surface area contributed by atoms with Crippen LogP contribution in [0.1, 0.15) is 26.2 Å². The number of aromatic nitrogens is 2. The van der Waals surface area contributed by atoms with Gasteiger partial charge in [-0.25, -0.2) is 18.4 Å². The molecule has 1 aromatic heterocycles. The van der Waals surface area contributed by atoms with Gasteiger partial charge in [0.1, 0.15) is 5.75 Å². The Kier molecular flexibility index (Phi) is 7.96. The minimum absolute atomic E-state index is 0.171. The SMILES string of the molecule is CCOc1ccc(S(=O)(=O)N2CCCCC2)cc1NC(=O)CN1CCN(c2ncccn2)CC1. The number of carbonyl (C=O) groups is 1. The maximum Gasteiger partial charge on any atom is 0.243 e. The summed E-state index contributed by atoms with van der Waals surface area (Å²) in [5, 5.41) is 2.87. The van der Waals surface area contributed by atoms with Crippen LogP contribution in [0.3, 0.4) is 0 Å². The molecule has 1 amide bonds. The number of hydrogen-bond acceptors (Lipinski definition) is 8. The lowest BCUT2D eigenvalue weighted by atomic mass is 10.2. The Balaban J connectivity index is 1.40. The maximum atomic E-state index is 13.1. The summed E-state index contributed by atoms with van der Waals surface area (Å²) in [6, 6.07) is 6.47. The van der Waals surface area contributed by atoms with E-state index < -0.39 is 10.0 Å². The topological polar surface area (TPSA) is 108 Å². The Labute approximate surface area is 201 Å². The number of sulfonamides is 1. The van der Waals surface area contributed by atoms with Crippen LogP contribution in [0, 0.1) is 0 Å². The molecule has 2 fully saturated rings. The van der Waals surface area contributed by atoms with Crippen LogP contribution in [0.2, 0.25) is 0 Å². The summed E-state index contributed by atoms with van der Waals surface area (Å²) in [5.41, 5.74) is 0.376. The molecule has 2 aliphatic rings. The van der Waals surface area contributed by atoms with Crippen molar-refractivity contribution < 1.29 is 17.9 Å². The fraction of sp³-hybridized carbons (Fsp3) is 0.522. The molecule has 1 aromatic carbocycles. The first-order valence-electron chi connectivity index (χ1n) is 11.8. The molecule has 2 aromatic rings. The maximum absolute atomic E-state index is 13.1. The highest BCUT2D eigenvalue weighted by atomic mass is 32.2. The summed E-state index contributed by atoms with van der Waals surface area (Å²) in [5.74, 6) is 0.942. The highest BCUT2D eigenvalue weighted by Gasteiger charge is 2.27. The summed E-state index contributed by atoms with van der Waals surface area (Å²) < 4.78 is 33.4. The molecule has 0 atom stereocenters. The summed E-state index contributed by atoms with van der Waals surface area (Å²) in [6.07, 6.45) is 6.21. The van der Waals surface area contributed by atoms with Crippen LogP contribution in [0.4, 0.5) is 11.6 Å². The molecule has 4 rings (SSSR count). The molecule has 1 N–H and O–H groups in total. The van der Waals surface area contributed by atoms with Gasteiger partial charge in [-0.2, -0.15) is 4.31 Å². The van der Waals surface area contributed by atoms with Crippen molar-refractivity contribution in [3.8, 4) is 5.75 Å². The van der Waals surface area contributed by atoms with E-state index in [1.54, 1.807) is 30.6 Å². The van der Waals surface area contributed by atoms with Gasteiger partial charge in [-0.05, 0) is 44.0 Å². The molecule has 3 heterocycles. The van der Waals surface area contributed by atoms with Crippen molar-refractivity contribution in [3.05, 3.63) is 36.7 Å². The first-order chi connectivity index (χ1) is 16.5. The summed E-state index contributed by atoms with van der Waals surface area (Å²) in [7, 11) is -3.61. The molecule has 11 heteroatoms. The van der Waals surface area contributed by atoms with E-state index in [4.69, 9.17) is 4.74 Å². The van der Waals surface area contributed by atoms with Crippen molar-refractivity contribution in [1.82, 2.24) is 19.2 Å². The number of rotatable bonds is 8. The summed E-state index contributed by atoms with van der Waals surface area (Å²) in [6.45, 7) is 6.37. The van der Waals surface area contributed by atoms with Gasteiger partial charge in [-0.1, -0.05) is 6.42 Å². The number of nitrogens with zero attached hydrogens (tertiary/aromatic N) is 5. The third-order valence-electron chi connectivity index (χ3n) is 6.05. The van der Waals surface area contributed by atoms with Gasteiger partial charge in [0.2, 0.25) is 21.9 Å². The third-order valence-corrected chi connectivity index (χ3v) is 7.95. The molecule has 2 aliphatic heterocycles. The number of piperazine rings is 1. The molecule has 0 spiro atoms. The van der Waals surface area contributed by atoms with E-state index in [0.29, 0.717) is 50.2 Å². The highest BCUT2D eigenvalue weighted by molar-refractivity contribution is 7.89. The van der Waals surface area contributed by atoms with Crippen LogP contribution in [0.5, 0.6) is 5.75 Å². The Hall–Kier alpha value is -2.76. The summed E-state index contributed by atoms with van der Waals surface area (Å²) >= 11 is 0. The van der Waals surface area contributed by atoms with E-state index in [-0.39, 0.29) is 17.3 Å². The fourth-order valence-electron chi connectivity index (χ4n) is 4.26. The van der Waals surface area contributed by atoms with Gasteiger partial charge < -0.3 is 15.0 Å². The van der Waals surface area contributed by atoms with Gasteiger partial charge in [-0.15, -0.1) is 0 Å². The molecule has 0 bridgehead atoms. The molecule has 0 unspecified atom stereocenters. The Morgan fingerprint density at radius 2 is 1.74 bits per heavy atom. The van der Waals surface area contributed by atoms with Gasteiger partial charge in [0.05, 0.1) is 23.7 Å². The average molecular weight is 489 g/mol. The number of nitrogens with one attached hydrogen (secondary N) is 1. The van der Waals surface area contributed by atoms with Crippen molar-refractivity contribution in [1.29, 1.82) is 0 Å². The lowest BCUT2D eigenvalue weighted by Crippen LogP contribution is -2.49. The number of ether oxygens (including phenoxy) is 1. The van der Waals surface area contributed by atoms with Crippen LogP contribution in [-0.4, -0.2) is 85.9 Å². The monoisotopic (exact) mass is 488 g/mol. The molecular formula is C23H32N6O4S. The average Bonchev–Trinajstić information content (AvgIpc) is 2.86. The zero-order valence-corrected chi connectivity index (χ0v) is 20.3. The van der Waals surface area contributed by atoms with Gasteiger partial charge in [-0.3, -0.25) is 9.69 Å². The standard InChI is InChI=1S/C23H32N6O4S/c1-2-33-21-8-7-19(34(31,32)29-11-4-3-5-12-29)17-20(21)26-22(30)18-27-13-15-28(16-14-27)23-24-9-6-10-25-23/h6-10,17H,2-5,11-16,18H2,1H3,(H,26,30). The predicted octanol–water partition coefficient (Wildman–Crippen LogP) is 1.81. The van der Waals surface area contributed by atoms with Crippen molar-refractivity contribution >= 4 is 27.6 Å². The highest BCUT2D eigenvalue weighted by Crippen LogP contribution is 2.30. The van der Waals surface area contributed by atoms with Crippen LogP contribution >= 0.6 is 0 Å². The first kappa shape index (κ1) is 24.4. The Bertz CT molecular complexity index is 1070. The smallest absolute Gasteiger partial charge is 0.243 e. The third kappa shape index (κ3) is 5.83. The predicted molar refractivity (Wildman–Crippen MR) is 130 cm³/mol. The second-order valence-electron chi connectivity index (χ2n) is 8.42. The van der Waals surface area contributed by atoms with E-state index in [2.05, 4.69) is 25.1 Å². The number of carbonyl (C=O) groups excluding carboxylic acids is 1. The van der Waals surface area contributed by atoms with E-state index in [1.807, 2.05) is 6.92 Å². The quantitative estimate of drug-likeness (QED) is 0.600. The van der Waals surface area contributed by atoms with E-state index in [9.17, 15) is 13.2 Å². The van der Waals surface area contributed by atoms with Crippen molar-refractivity contribution in [2.45, 2.75) is 31.1 Å². The van der Waals surface area contributed by atoms with Gasteiger partial charge in [0.15, 0.2) is 0 Å². The Morgan fingerprint density at radius 3 is 2.41 bits per heavy atom. The summed E-state index contributed by atoms with van der Waals surface area (Å²) in [4.78, 5) is 25.7. The van der Waals surface area contributed by atoms with Crippen molar-refractivity contribution in [2.75, 3.05) is 62.6 Å². The molecule has 2 saturated heterocycles. The normalized spacial score (nSPS) is 18.0. The number of benzene rings is 1. The second-order valence-corrected chi connectivity index (χ2v) is 10.4. The number of anilines is 2. The molecule has 0 radical (unpaired) electrons. The van der Waals surface area contributed by atoms with E-state index >= 15 is 0 Å². The molecule has 0 aliphatic carbocycles. The minimum atomic E-state index is -3.61.